The highest BCUT2D eigenvalue weighted by atomic mass is 16.5. The van der Waals surface area contributed by atoms with Crippen molar-refractivity contribution in [3.8, 4) is 23.0 Å². The van der Waals surface area contributed by atoms with Gasteiger partial charge in [0.05, 0.1) is 30.6 Å². The average Bonchev–Trinajstić information content (AvgIpc) is 4.25. The summed E-state index contributed by atoms with van der Waals surface area (Å²) < 4.78 is 13.9. The lowest BCUT2D eigenvalue weighted by Gasteiger charge is -2.42. The molecule has 24 heteroatoms. The van der Waals surface area contributed by atoms with E-state index in [-0.39, 0.29) is 23.9 Å². The number of aryl methyl sites for hydroxylation is 3. The molecule has 8 heterocycles. The summed E-state index contributed by atoms with van der Waals surface area (Å²) in [5.41, 5.74) is 14.6. The first-order valence-electron chi connectivity index (χ1n) is 25.6. The van der Waals surface area contributed by atoms with E-state index in [0.29, 0.717) is 77.0 Å². The normalized spacial score (nSPS) is 16.1. The summed E-state index contributed by atoms with van der Waals surface area (Å²) in [7, 11) is 5.16. The molecule has 3 atom stereocenters. The number of hydrogen-bond acceptors (Lipinski definition) is 21. The van der Waals surface area contributed by atoms with Crippen LogP contribution in [0.3, 0.4) is 0 Å². The van der Waals surface area contributed by atoms with E-state index in [9.17, 15) is 9.59 Å². The van der Waals surface area contributed by atoms with E-state index in [0.717, 1.165) is 69.6 Å². The first kappa shape index (κ1) is 53.2. The Morgan fingerprint density at radius 1 is 0.700 bits per heavy atom. The number of carbonyl (C=O) groups is 2. The maximum absolute atomic E-state index is 12.1. The molecule has 4 aromatic carbocycles. The van der Waals surface area contributed by atoms with Crippen LogP contribution in [0.4, 0.5) is 40.6 Å². The summed E-state index contributed by atoms with van der Waals surface area (Å²) in [5.74, 6) is 5.50. The topological polar surface area (TPSA) is 272 Å². The monoisotopic (exact) mass is 1070 g/mol. The second-order valence-corrected chi connectivity index (χ2v) is 19.2. The summed E-state index contributed by atoms with van der Waals surface area (Å²) >= 11 is 0. The number of fused-ring (bicyclic) bond motifs is 4. The van der Waals surface area contributed by atoms with Crippen LogP contribution < -0.4 is 35.2 Å². The zero-order valence-electron chi connectivity index (χ0n) is 44.9. The molecule has 3 unspecified atom stereocenters. The number of anilines is 7. The van der Waals surface area contributed by atoms with Crippen molar-refractivity contribution in [2.75, 3.05) is 72.7 Å². The maximum Gasteiger partial charge on any atom is 0.247 e. The van der Waals surface area contributed by atoms with Gasteiger partial charge in [0.25, 0.3) is 0 Å². The second kappa shape index (κ2) is 23.1. The lowest BCUT2D eigenvalue weighted by atomic mass is 9.92. The maximum atomic E-state index is 12.1. The molecule has 0 radical (unpaired) electrons. The SMILES string of the molecule is C=CC(=O)N1CC(C)N(c2ncc3ncnc(Nc4ccc(Oc5ccc6c(c5)nnn6C)c(C)c4)c3n2)C1.C=CC(=O)N1CC2CN(c3ncc4ncnc(Nc5ccc(Oc6ccc(NC)cc6)c(C)c5)c4n3)CC21.CN=N. The van der Waals surface area contributed by atoms with E-state index in [2.05, 4.69) is 79.3 Å². The van der Waals surface area contributed by atoms with Gasteiger partial charge in [-0.05, 0) is 117 Å². The van der Waals surface area contributed by atoms with E-state index in [4.69, 9.17) is 25.0 Å². The van der Waals surface area contributed by atoms with Crippen molar-refractivity contribution < 1.29 is 19.1 Å². The van der Waals surface area contributed by atoms with E-state index in [1.54, 1.807) is 22.0 Å². The molecule has 4 N–H and O–H groups in total. The summed E-state index contributed by atoms with van der Waals surface area (Å²) in [6, 6.07) is 25.4. The van der Waals surface area contributed by atoms with E-state index in [1.807, 2.05) is 124 Å². The fourth-order valence-corrected chi connectivity index (χ4v) is 9.67. The molecule has 3 saturated heterocycles. The minimum absolute atomic E-state index is 0.0224. The molecule has 9 aromatic rings. The highest BCUT2D eigenvalue weighted by Gasteiger charge is 2.48. The van der Waals surface area contributed by atoms with Gasteiger partial charge in [-0.15, -0.1) is 5.10 Å². The van der Waals surface area contributed by atoms with Crippen LogP contribution in [0, 0.1) is 25.3 Å². The van der Waals surface area contributed by atoms with Crippen LogP contribution >= 0.6 is 0 Å². The number of likely N-dealkylation sites (tertiary alicyclic amines) is 1. The smallest absolute Gasteiger partial charge is 0.247 e. The Kier molecular flexibility index (Phi) is 15.4. The molecule has 2 amide bonds. The number of nitrogens with one attached hydrogen (secondary N) is 4. The molecule has 3 aliphatic heterocycles. The van der Waals surface area contributed by atoms with Gasteiger partial charge in [0.15, 0.2) is 11.6 Å². The molecule has 0 bridgehead atoms. The molecule has 80 heavy (non-hydrogen) atoms. The van der Waals surface area contributed by atoms with Crippen molar-refractivity contribution in [1.82, 2.24) is 64.7 Å². The van der Waals surface area contributed by atoms with Gasteiger partial charge >= 0.3 is 0 Å². The van der Waals surface area contributed by atoms with Crippen molar-refractivity contribution in [2.45, 2.75) is 32.9 Å². The molecule has 0 saturated carbocycles. The minimum Gasteiger partial charge on any atom is -0.457 e. The van der Waals surface area contributed by atoms with Gasteiger partial charge in [-0.1, -0.05) is 18.4 Å². The van der Waals surface area contributed by atoms with Crippen molar-refractivity contribution in [3.05, 3.63) is 140 Å². The van der Waals surface area contributed by atoms with Crippen LogP contribution in [0.25, 0.3) is 33.1 Å². The van der Waals surface area contributed by atoms with E-state index >= 15 is 0 Å². The summed E-state index contributed by atoms with van der Waals surface area (Å²) in [6.07, 6.45) is 9.07. The Hall–Kier alpha value is -10.3. The van der Waals surface area contributed by atoms with Crippen LogP contribution in [0.2, 0.25) is 0 Å². The highest BCUT2D eigenvalue weighted by Crippen LogP contribution is 2.36. The number of aromatic nitrogens is 11. The third-order valence-electron chi connectivity index (χ3n) is 13.8. The van der Waals surface area contributed by atoms with Gasteiger partial charge in [0.2, 0.25) is 23.7 Å². The van der Waals surface area contributed by atoms with Crippen molar-refractivity contribution in [2.24, 2.45) is 18.1 Å². The van der Waals surface area contributed by atoms with Crippen molar-refractivity contribution in [1.29, 1.82) is 5.53 Å². The van der Waals surface area contributed by atoms with Crippen LogP contribution in [0.15, 0.2) is 134 Å². The third-order valence-corrected chi connectivity index (χ3v) is 13.8. The number of amides is 2. The summed E-state index contributed by atoms with van der Waals surface area (Å²) in [6.45, 7) is 16.4. The van der Waals surface area contributed by atoms with Gasteiger partial charge in [-0.3, -0.25) is 9.59 Å². The molecule has 3 aliphatic rings. The summed E-state index contributed by atoms with van der Waals surface area (Å²) in [5, 5.41) is 20.8. The van der Waals surface area contributed by atoms with Crippen LogP contribution in [0.5, 0.6) is 23.0 Å². The molecule has 406 valence electrons. The van der Waals surface area contributed by atoms with E-state index in [1.165, 1.54) is 31.9 Å². The fourth-order valence-electron chi connectivity index (χ4n) is 9.67. The van der Waals surface area contributed by atoms with Gasteiger partial charge in [0, 0.05) is 82.4 Å². The predicted molar refractivity (Wildman–Crippen MR) is 305 cm³/mol. The molecule has 3 fully saturated rings. The molecule has 0 spiro atoms. The average molecular weight is 1080 g/mol. The standard InChI is InChI=1S/C28H28N8O2.C27H26N10O2.CH4N2/c1-4-25(37)36-14-18-13-35(15-23(18)36)28-30-12-22-26(34-28)27(32-16-31-22)33-20-7-10-24(17(2)11-20)38-21-8-5-19(29-3)6-9-21;1-5-24(38)36-13-17(3)37(15-36)27-28-12-21-25(32-27)26(30-14-29-21)31-18-6-9-23(16(2)10-18)39-19-7-8-22-20(11-19)33-34-35(22)4;1-3-2/h4-12,16,18,23,29H,1,13-15H2,2-3H3,(H,31,32,33);5-12,14,17H,1,13,15H2,2-4H3,(H,29,30,31);2H,1H3. The lowest BCUT2D eigenvalue weighted by molar-refractivity contribution is -0.135. The van der Waals surface area contributed by atoms with Gasteiger partial charge in [-0.2, -0.15) is 0 Å². The van der Waals surface area contributed by atoms with Crippen LogP contribution in [0.1, 0.15) is 18.1 Å². The second-order valence-electron chi connectivity index (χ2n) is 19.2. The minimum atomic E-state index is -0.118. The van der Waals surface area contributed by atoms with E-state index < -0.39 is 0 Å². The number of rotatable bonds is 13. The zero-order valence-corrected chi connectivity index (χ0v) is 44.9. The Morgan fingerprint density at radius 3 is 1.88 bits per heavy atom. The number of ether oxygens (including phenoxy) is 2. The molecular weight excluding hydrogens is 1020 g/mol. The quantitative estimate of drug-likeness (QED) is 0.0622. The van der Waals surface area contributed by atoms with Crippen LogP contribution in [-0.4, -0.2) is 136 Å². The first-order valence-corrected chi connectivity index (χ1v) is 25.6. The Morgan fingerprint density at radius 2 is 1.27 bits per heavy atom. The van der Waals surface area contributed by atoms with Gasteiger partial charge in [0.1, 0.15) is 63.2 Å². The van der Waals surface area contributed by atoms with Gasteiger partial charge in [-0.25, -0.2) is 55.2 Å². The number of carbonyl (C=O) groups excluding carboxylic acids is 2. The Labute approximate surface area is 460 Å². The van der Waals surface area contributed by atoms with Crippen molar-refractivity contribution >= 4 is 85.5 Å². The summed E-state index contributed by atoms with van der Waals surface area (Å²) in [4.78, 5) is 68.1. The number of hydrogen-bond donors (Lipinski definition) is 4. The lowest BCUT2D eigenvalue weighted by Crippen LogP contribution is -2.57. The highest BCUT2D eigenvalue weighted by molar-refractivity contribution is 5.90. The number of nitrogens with zero attached hydrogens (tertiary/aromatic N) is 16. The first-order chi connectivity index (χ1) is 38.8. The van der Waals surface area contributed by atoms with Gasteiger partial charge < -0.3 is 45.0 Å². The predicted octanol–water partition coefficient (Wildman–Crippen LogP) is 8.51. The fraction of sp³-hybridized carbons (Fsp3) is 0.250. The Balaban J connectivity index is 0.000000172. The molecule has 5 aromatic heterocycles. The van der Waals surface area contributed by atoms with Crippen LogP contribution in [-0.2, 0) is 16.6 Å². The largest absolute Gasteiger partial charge is 0.457 e. The molecule has 24 nitrogen and oxygen atoms in total. The zero-order chi connectivity index (χ0) is 56.0. The Bertz CT molecular complexity index is 3800. The van der Waals surface area contributed by atoms with Crippen molar-refractivity contribution in [3.63, 3.8) is 0 Å². The number of benzene rings is 4. The third kappa shape index (κ3) is 11.3. The molecule has 12 rings (SSSR count). The molecular formula is C56H58N20O4. The molecule has 0 aliphatic carbocycles.